The number of benzene rings is 2. The molecule has 0 aliphatic heterocycles. The molecule has 0 saturated carbocycles. The molecule has 0 radical (unpaired) electrons. The first-order chi connectivity index (χ1) is 11.3. The van der Waals surface area contributed by atoms with Gasteiger partial charge in [0.05, 0.1) is 11.2 Å². The van der Waals surface area contributed by atoms with Crippen LogP contribution in [0.3, 0.4) is 0 Å². The monoisotopic (exact) mass is 368 g/mol. The summed E-state index contributed by atoms with van der Waals surface area (Å²) in [6.07, 6.45) is 2.27. The van der Waals surface area contributed by atoms with Gasteiger partial charge in [-0.25, -0.2) is 0 Å². The molecule has 0 aliphatic carbocycles. The number of halogens is 1. The predicted molar refractivity (Wildman–Crippen MR) is 93.0 cm³/mol. The predicted octanol–water partition coefficient (Wildman–Crippen LogP) is 3.86. The van der Waals surface area contributed by atoms with Gasteiger partial charge in [0.1, 0.15) is 5.58 Å². The van der Waals surface area contributed by atoms with Crippen molar-refractivity contribution < 1.29 is 22.5 Å². The molecule has 0 bridgehead atoms. The lowest BCUT2D eigenvalue weighted by atomic mass is 10.1. The fourth-order valence-corrected chi connectivity index (χ4v) is 2.73. The van der Waals surface area contributed by atoms with Crippen molar-refractivity contribution in [1.29, 1.82) is 0 Å². The molecule has 0 saturated heterocycles. The van der Waals surface area contributed by atoms with Crippen LogP contribution in [0.15, 0.2) is 58.0 Å². The Hall–Kier alpha value is -1.86. The highest BCUT2D eigenvalue weighted by molar-refractivity contribution is 7.85. The number of aliphatic hydroxyl groups is 1. The van der Waals surface area contributed by atoms with E-state index in [1.165, 1.54) is 12.1 Å². The Kier molecular flexibility index (Phi) is 6.01. The number of fused-ring (bicyclic) bond motifs is 1. The highest BCUT2D eigenvalue weighted by Crippen LogP contribution is 2.24. The lowest BCUT2D eigenvalue weighted by Gasteiger charge is -1.95. The van der Waals surface area contributed by atoms with Gasteiger partial charge in [-0.2, -0.15) is 8.42 Å². The van der Waals surface area contributed by atoms with Crippen LogP contribution in [0.25, 0.3) is 11.0 Å². The summed E-state index contributed by atoms with van der Waals surface area (Å²) in [5.41, 5.74) is 2.77. The van der Waals surface area contributed by atoms with Crippen LogP contribution in [0.5, 0.6) is 0 Å². The smallest absolute Gasteiger partial charge is 0.294 e. The lowest BCUT2D eigenvalue weighted by Crippen LogP contribution is -1.96. The summed E-state index contributed by atoms with van der Waals surface area (Å²) in [6, 6.07) is 11.5. The zero-order valence-electron chi connectivity index (χ0n) is 12.9. The molecular formula is C17H17ClO5S. The van der Waals surface area contributed by atoms with E-state index < -0.39 is 10.1 Å². The third-order valence-electron chi connectivity index (χ3n) is 3.32. The van der Waals surface area contributed by atoms with Gasteiger partial charge in [-0.3, -0.25) is 4.55 Å². The first-order valence-electron chi connectivity index (χ1n) is 7.12. The van der Waals surface area contributed by atoms with E-state index in [0.29, 0.717) is 11.4 Å². The molecular weight excluding hydrogens is 352 g/mol. The molecule has 0 aliphatic rings. The number of hydrogen-bond donors (Lipinski definition) is 2. The van der Waals surface area contributed by atoms with E-state index >= 15 is 0 Å². The maximum atomic E-state index is 10.5. The molecule has 0 spiro atoms. The van der Waals surface area contributed by atoms with Gasteiger partial charge in [0, 0.05) is 22.6 Å². The van der Waals surface area contributed by atoms with Crippen molar-refractivity contribution in [2.24, 2.45) is 0 Å². The number of rotatable bonds is 3. The van der Waals surface area contributed by atoms with Crippen molar-refractivity contribution in [3.05, 3.63) is 64.9 Å². The van der Waals surface area contributed by atoms with E-state index in [-0.39, 0.29) is 11.5 Å². The first-order valence-corrected chi connectivity index (χ1v) is 8.93. The molecule has 5 nitrogen and oxygen atoms in total. The molecule has 0 amide bonds. The van der Waals surface area contributed by atoms with Crippen LogP contribution < -0.4 is 0 Å². The second-order valence-corrected chi connectivity index (χ2v) is 7.02. The van der Waals surface area contributed by atoms with Crippen molar-refractivity contribution in [3.63, 3.8) is 0 Å². The molecule has 2 N–H and O–H groups in total. The SMILES string of the molecule is Cc1ccc(S(=O)(=O)O)cc1.OCCc1coc2ccc(Cl)cc12. The van der Waals surface area contributed by atoms with E-state index in [9.17, 15) is 8.42 Å². The Balaban J connectivity index is 0.000000177. The molecule has 24 heavy (non-hydrogen) atoms. The summed E-state index contributed by atoms with van der Waals surface area (Å²) in [4.78, 5) is -0.0666. The third-order valence-corrected chi connectivity index (χ3v) is 4.42. The van der Waals surface area contributed by atoms with Crippen molar-refractivity contribution in [3.8, 4) is 0 Å². The summed E-state index contributed by atoms with van der Waals surface area (Å²) >= 11 is 5.84. The summed E-state index contributed by atoms with van der Waals surface area (Å²) in [5.74, 6) is 0. The van der Waals surface area contributed by atoms with Crippen LogP contribution in [0.2, 0.25) is 5.02 Å². The molecule has 1 aromatic heterocycles. The number of hydrogen-bond acceptors (Lipinski definition) is 4. The average Bonchev–Trinajstić information content (AvgIpc) is 2.90. The van der Waals surface area contributed by atoms with Crippen LogP contribution in [-0.4, -0.2) is 24.7 Å². The van der Waals surface area contributed by atoms with Gasteiger partial charge in [-0.15, -0.1) is 0 Å². The molecule has 2 aromatic carbocycles. The zero-order chi connectivity index (χ0) is 17.7. The van der Waals surface area contributed by atoms with E-state index in [1.54, 1.807) is 24.5 Å². The number of furan rings is 1. The second-order valence-electron chi connectivity index (χ2n) is 5.16. The standard InChI is InChI=1S/C10H9ClO2.C7H8O3S/c11-8-1-2-10-9(5-8)7(3-4-12)6-13-10;1-6-2-4-7(5-3-6)11(8,9)10/h1-2,5-6,12H,3-4H2;2-5H,1H3,(H,8,9,10). The average molecular weight is 369 g/mol. The summed E-state index contributed by atoms with van der Waals surface area (Å²) < 4.78 is 34.8. The topological polar surface area (TPSA) is 87.7 Å². The molecule has 1 heterocycles. The van der Waals surface area contributed by atoms with E-state index in [2.05, 4.69) is 0 Å². The van der Waals surface area contributed by atoms with Crippen LogP contribution >= 0.6 is 11.6 Å². The highest BCUT2D eigenvalue weighted by Gasteiger charge is 2.07. The minimum atomic E-state index is -4.02. The largest absolute Gasteiger partial charge is 0.464 e. The first kappa shape index (κ1) is 18.5. The summed E-state index contributed by atoms with van der Waals surface area (Å²) in [6.45, 7) is 1.97. The van der Waals surface area contributed by atoms with E-state index in [4.69, 9.17) is 25.7 Å². The van der Waals surface area contributed by atoms with Crippen LogP contribution in [0.4, 0.5) is 0 Å². The fraction of sp³-hybridized carbons (Fsp3) is 0.176. The Morgan fingerprint density at radius 1 is 1.12 bits per heavy atom. The molecule has 0 atom stereocenters. The minimum Gasteiger partial charge on any atom is -0.464 e. The normalized spacial score (nSPS) is 11.2. The molecule has 128 valence electrons. The summed E-state index contributed by atoms with van der Waals surface area (Å²) in [5, 5.41) is 10.5. The van der Waals surface area contributed by atoms with Crippen molar-refractivity contribution in [2.45, 2.75) is 18.2 Å². The van der Waals surface area contributed by atoms with Crippen molar-refractivity contribution in [1.82, 2.24) is 0 Å². The maximum Gasteiger partial charge on any atom is 0.294 e. The van der Waals surface area contributed by atoms with Crippen molar-refractivity contribution in [2.75, 3.05) is 6.61 Å². The van der Waals surface area contributed by atoms with Gasteiger partial charge in [-0.1, -0.05) is 29.3 Å². The Bertz CT molecular complexity index is 914. The van der Waals surface area contributed by atoms with Crippen LogP contribution in [0, 0.1) is 6.92 Å². The van der Waals surface area contributed by atoms with Gasteiger partial charge < -0.3 is 9.52 Å². The molecule has 0 fully saturated rings. The molecule has 3 aromatic rings. The molecule has 3 rings (SSSR count). The van der Waals surface area contributed by atoms with E-state index in [0.717, 1.165) is 22.1 Å². The Labute approximate surface area is 145 Å². The van der Waals surface area contributed by atoms with Crippen molar-refractivity contribution >= 4 is 32.7 Å². The van der Waals surface area contributed by atoms with Gasteiger partial charge in [0.15, 0.2) is 0 Å². The lowest BCUT2D eigenvalue weighted by molar-refractivity contribution is 0.299. The van der Waals surface area contributed by atoms with Gasteiger partial charge >= 0.3 is 0 Å². The molecule has 0 unspecified atom stereocenters. The number of aliphatic hydroxyl groups excluding tert-OH is 1. The van der Waals surface area contributed by atoms with Gasteiger partial charge in [-0.05, 0) is 43.7 Å². The summed E-state index contributed by atoms with van der Waals surface area (Å²) in [7, 11) is -4.02. The zero-order valence-corrected chi connectivity index (χ0v) is 14.5. The second kappa shape index (κ2) is 7.81. The van der Waals surface area contributed by atoms with Gasteiger partial charge in [0.25, 0.3) is 10.1 Å². The van der Waals surface area contributed by atoms with E-state index in [1.807, 2.05) is 19.1 Å². The third kappa shape index (κ3) is 4.82. The van der Waals surface area contributed by atoms with Crippen LogP contribution in [0.1, 0.15) is 11.1 Å². The Morgan fingerprint density at radius 3 is 2.38 bits per heavy atom. The highest BCUT2D eigenvalue weighted by atomic mass is 35.5. The molecule has 7 heteroatoms. The van der Waals surface area contributed by atoms with Crippen LogP contribution in [-0.2, 0) is 16.5 Å². The number of aryl methyl sites for hydroxylation is 1. The fourth-order valence-electron chi connectivity index (χ4n) is 2.08. The Morgan fingerprint density at radius 2 is 1.79 bits per heavy atom. The minimum absolute atomic E-state index is 0.0666. The van der Waals surface area contributed by atoms with Gasteiger partial charge in [0.2, 0.25) is 0 Å². The quantitative estimate of drug-likeness (QED) is 0.685. The maximum absolute atomic E-state index is 10.5.